The second kappa shape index (κ2) is 6.55. The number of carbonyl (C=O) groups is 1. The Balaban J connectivity index is 2.17. The van der Waals surface area contributed by atoms with Crippen molar-refractivity contribution in [1.29, 1.82) is 0 Å². The lowest BCUT2D eigenvalue weighted by Gasteiger charge is -2.23. The summed E-state index contributed by atoms with van der Waals surface area (Å²) in [6.07, 6.45) is 1.68. The first-order valence-corrected chi connectivity index (χ1v) is 8.49. The highest BCUT2D eigenvalue weighted by atomic mass is 32.2. The van der Waals surface area contributed by atoms with Crippen molar-refractivity contribution in [1.82, 2.24) is 9.62 Å². The van der Waals surface area contributed by atoms with Gasteiger partial charge in [0.1, 0.15) is 0 Å². The Morgan fingerprint density at radius 2 is 2.05 bits per heavy atom. The van der Waals surface area contributed by atoms with Crippen molar-refractivity contribution in [3.63, 3.8) is 0 Å². The molecule has 1 aliphatic rings. The highest BCUT2D eigenvalue weighted by Crippen LogP contribution is 2.20. The molecule has 0 aliphatic carbocycles. The first-order chi connectivity index (χ1) is 9.99. The maximum absolute atomic E-state index is 12.4. The first-order valence-electron chi connectivity index (χ1n) is 7.01. The molecule has 0 bridgehead atoms. The van der Waals surface area contributed by atoms with Crippen LogP contribution in [0, 0.1) is 0 Å². The molecule has 0 spiro atoms. The minimum Gasteiger partial charge on any atom is -0.394 e. The molecule has 116 valence electrons. The first kappa shape index (κ1) is 15.9. The third-order valence-electron chi connectivity index (χ3n) is 3.59. The molecule has 0 aromatic heterocycles. The number of aliphatic hydroxyl groups excluding tert-OH is 1. The number of carbonyl (C=O) groups excluding carboxylic acids is 1. The van der Waals surface area contributed by atoms with Crippen LogP contribution in [-0.2, 0) is 10.0 Å². The average Bonchev–Trinajstić information content (AvgIpc) is 2.95. The lowest BCUT2D eigenvalue weighted by molar-refractivity contribution is 0.0677. The fourth-order valence-electron chi connectivity index (χ4n) is 2.51. The van der Waals surface area contributed by atoms with Crippen LogP contribution >= 0.6 is 0 Å². The van der Waals surface area contributed by atoms with E-state index < -0.39 is 10.0 Å². The van der Waals surface area contributed by atoms with Crippen LogP contribution in [-0.4, -0.2) is 50.1 Å². The van der Waals surface area contributed by atoms with Crippen molar-refractivity contribution < 1.29 is 18.3 Å². The van der Waals surface area contributed by atoms with Gasteiger partial charge in [-0.2, -0.15) is 0 Å². The summed E-state index contributed by atoms with van der Waals surface area (Å²) >= 11 is 0. The van der Waals surface area contributed by atoms with Crippen molar-refractivity contribution in [3.8, 4) is 0 Å². The standard InChI is InChI=1S/C14H20N2O4S/c1-2-15-21(19,20)13-7-5-11(6-8-13)14(18)16-9-3-4-12(16)10-17/h5-8,12,15,17H,2-4,9-10H2,1H3/t12-/m0/s1. The van der Waals surface area contributed by atoms with Gasteiger partial charge in [0.05, 0.1) is 17.5 Å². The van der Waals surface area contributed by atoms with E-state index in [1.165, 1.54) is 24.3 Å². The number of nitrogens with one attached hydrogen (secondary N) is 1. The molecule has 0 unspecified atom stereocenters. The predicted molar refractivity (Wildman–Crippen MR) is 78.4 cm³/mol. The molecule has 1 aromatic carbocycles. The quantitative estimate of drug-likeness (QED) is 0.833. The van der Waals surface area contributed by atoms with Crippen molar-refractivity contribution in [3.05, 3.63) is 29.8 Å². The summed E-state index contributed by atoms with van der Waals surface area (Å²) in [5.74, 6) is -0.168. The highest BCUT2D eigenvalue weighted by Gasteiger charge is 2.28. The second-order valence-corrected chi connectivity index (χ2v) is 6.77. The number of amides is 1. The molecule has 1 amide bonds. The molecular weight excluding hydrogens is 292 g/mol. The molecule has 1 aliphatic heterocycles. The van der Waals surface area contributed by atoms with Crippen LogP contribution in [0.15, 0.2) is 29.2 Å². The van der Waals surface area contributed by atoms with Crippen molar-refractivity contribution in [2.45, 2.75) is 30.7 Å². The molecule has 1 atom stereocenters. The fraction of sp³-hybridized carbons (Fsp3) is 0.500. The summed E-state index contributed by atoms with van der Waals surface area (Å²) in [5.41, 5.74) is 0.436. The number of hydrogen-bond acceptors (Lipinski definition) is 4. The maximum atomic E-state index is 12.4. The third-order valence-corrected chi connectivity index (χ3v) is 5.16. The Bertz CT molecular complexity index is 598. The van der Waals surface area contributed by atoms with E-state index in [4.69, 9.17) is 0 Å². The molecular formula is C14H20N2O4S. The van der Waals surface area contributed by atoms with E-state index in [1.54, 1.807) is 11.8 Å². The maximum Gasteiger partial charge on any atom is 0.254 e. The number of benzene rings is 1. The molecule has 2 rings (SSSR count). The van der Waals surface area contributed by atoms with Crippen LogP contribution in [0.4, 0.5) is 0 Å². The van der Waals surface area contributed by atoms with E-state index in [0.717, 1.165) is 12.8 Å². The highest BCUT2D eigenvalue weighted by molar-refractivity contribution is 7.89. The summed E-state index contributed by atoms with van der Waals surface area (Å²) in [6, 6.07) is 5.74. The van der Waals surface area contributed by atoms with Crippen molar-refractivity contribution in [2.75, 3.05) is 19.7 Å². The van der Waals surface area contributed by atoms with Gasteiger partial charge in [-0.25, -0.2) is 13.1 Å². The van der Waals surface area contributed by atoms with Gasteiger partial charge in [-0.3, -0.25) is 4.79 Å². The Labute approximate surface area is 124 Å². The van der Waals surface area contributed by atoms with E-state index in [2.05, 4.69) is 4.72 Å². The lowest BCUT2D eigenvalue weighted by Crippen LogP contribution is -2.37. The summed E-state index contributed by atoms with van der Waals surface area (Å²) in [7, 11) is -3.50. The fourth-order valence-corrected chi connectivity index (χ4v) is 3.55. The van der Waals surface area contributed by atoms with Gasteiger partial charge in [0.2, 0.25) is 10.0 Å². The lowest BCUT2D eigenvalue weighted by atomic mass is 10.2. The Hall–Kier alpha value is -1.44. The summed E-state index contributed by atoms with van der Waals surface area (Å²) in [5, 5.41) is 9.26. The molecule has 0 radical (unpaired) electrons. The van der Waals surface area contributed by atoms with E-state index >= 15 is 0 Å². The van der Waals surface area contributed by atoms with E-state index in [-0.39, 0.29) is 23.5 Å². The van der Waals surface area contributed by atoms with Crippen LogP contribution in [0.25, 0.3) is 0 Å². The van der Waals surface area contributed by atoms with Crippen molar-refractivity contribution >= 4 is 15.9 Å². The molecule has 2 N–H and O–H groups in total. The van der Waals surface area contributed by atoms with Gasteiger partial charge in [0.15, 0.2) is 0 Å². The minimum absolute atomic E-state index is 0.0430. The molecule has 1 fully saturated rings. The Kier molecular flexibility index (Phi) is 4.97. The van der Waals surface area contributed by atoms with Gasteiger partial charge >= 0.3 is 0 Å². The van der Waals surface area contributed by atoms with Gasteiger partial charge < -0.3 is 10.0 Å². The average molecular weight is 312 g/mol. The normalized spacial score (nSPS) is 19.0. The van der Waals surface area contributed by atoms with E-state index in [9.17, 15) is 18.3 Å². The number of likely N-dealkylation sites (tertiary alicyclic amines) is 1. The van der Waals surface area contributed by atoms with Gasteiger partial charge in [0, 0.05) is 18.7 Å². The van der Waals surface area contributed by atoms with Crippen LogP contribution < -0.4 is 4.72 Å². The van der Waals surface area contributed by atoms with Crippen LogP contribution in [0.1, 0.15) is 30.1 Å². The van der Waals surface area contributed by atoms with Crippen molar-refractivity contribution in [2.24, 2.45) is 0 Å². The molecule has 1 aromatic rings. The number of sulfonamides is 1. The predicted octanol–water partition coefficient (Wildman–Crippen LogP) is 0.582. The van der Waals surface area contributed by atoms with E-state index in [1.807, 2.05) is 0 Å². The molecule has 0 saturated carbocycles. The molecule has 6 nitrogen and oxygen atoms in total. The topological polar surface area (TPSA) is 86.7 Å². The molecule has 21 heavy (non-hydrogen) atoms. The smallest absolute Gasteiger partial charge is 0.254 e. The number of hydrogen-bond donors (Lipinski definition) is 2. The van der Waals surface area contributed by atoms with Gasteiger partial charge in [-0.05, 0) is 37.1 Å². The van der Waals surface area contributed by atoms with Crippen LogP contribution in [0.5, 0.6) is 0 Å². The monoisotopic (exact) mass is 312 g/mol. The molecule has 7 heteroatoms. The second-order valence-electron chi connectivity index (χ2n) is 5.00. The Morgan fingerprint density at radius 3 is 2.62 bits per heavy atom. The van der Waals surface area contributed by atoms with E-state index in [0.29, 0.717) is 18.7 Å². The summed E-state index contributed by atoms with van der Waals surface area (Å²) in [4.78, 5) is 14.1. The minimum atomic E-state index is -3.50. The zero-order valence-corrected chi connectivity index (χ0v) is 12.8. The summed E-state index contributed by atoms with van der Waals surface area (Å²) in [6.45, 7) is 2.60. The summed E-state index contributed by atoms with van der Waals surface area (Å²) < 4.78 is 26.1. The third kappa shape index (κ3) is 3.42. The molecule has 1 heterocycles. The van der Waals surface area contributed by atoms with Gasteiger partial charge in [0.25, 0.3) is 5.91 Å². The largest absolute Gasteiger partial charge is 0.394 e. The van der Waals surface area contributed by atoms with Gasteiger partial charge in [-0.1, -0.05) is 6.92 Å². The zero-order chi connectivity index (χ0) is 15.5. The Morgan fingerprint density at radius 1 is 1.38 bits per heavy atom. The number of rotatable bonds is 5. The zero-order valence-electron chi connectivity index (χ0n) is 11.9. The number of aliphatic hydroxyl groups is 1. The van der Waals surface area contributed by atoms with Crippen LogP contribution in [0.2, 0.25) is 0 Å². The van der Waals surface area contributed by atoms with Crippen LogP contribution in [0.3, 0.4) is 0 Å². The number of nitrogens with zero attached hydrogens (tertiary/aromatic N) is 1. The molecule has 1 saturated heterocycles. The SMILES string of the molecule is CCNS(=O)(=O)c1ccc(C(=O)N2CCC[C@H]2CO)cc1. The van der Waals surface area contributed by atoms with Gasteiger partial charge in [-0.15, -0.1) is 0 Å².